The van der Waals surface area contributed by atoms with E-state index in [1.165, 1.54) is 0 Å². The monoisotopic (exact) mass is 297 g/mol. The zero-order chi connectivity index (χ0) is 14.4. The van der Waals surface area contributed by atoms with Crippen molar-refractivity contribution in [1.29, 1.82) is 0 Å². The van der Waals surface area contributed by atoms with Gasteiger partial charge in [-0.3, -0.25) is 4.98 Å². The van der Waals surface area contributed by atoms with Gasteiger partial charge >= 0.3 is 0 Å². The van der Waals surface area contributed by atoms with Crippen molar-refractivity contribution in [2.24, 2.45) is 0 Å². The first-order valence-electron chi connectivity index (χ1n) is 7.02. The van der Waals surface area contributed by atoms with E-state index in [4.69, 9.17) is 14.2 Å². The minimum Gasteiger partial charge on any atom is -0.383 e. The summed E-state index contributed by atoms with van der Waals surface area (Å²) in [6.45, 7) is 3.12. The van der Waals surface area contributed by atoms with Gasteiger partial charge in [0.1, 0.15) is 5.60 Å². The lowest BCUT2D eigenvalue weighted by Crippen LogP contribution is -2.27. The number of aromatic nitrogens is 1. The molecule has 0 radical (unpaired) electrons. The van der Waals surface area contributed by atoms with E-state index < -0.39 is 5.60 Å². The summed E-state index contributed by atoms with van der Waals surface area (Å²) in [5, 5.41) is 10.3. The van der Waals surface area contributed by atoms with Gasteiger partial charge in [0.15, 0.2) is 6.29 Å². The molecule has 1 N–H and O–H groups in total. The van der Waals surface area contributed by atoms with Crippen LogP contribution >= 0.6 is 0 Å². The number of rotatable bonds is 6. The lowest BCUT2D eigenvalue weighted by atomic mass is 9.97. The number of aliphatic hydroxyl groups is 1. The number of nitrogens with zero attached hydrogens (tertiary/aromatic N) is 1. The molecule has 0 aliphatic carbocycles. The van der Waals surface area contributed by atoms with Gasteiger partial charge in [0, 0.05) is 19.9 Å². The summed E-state index contributed by atoms with van der Waals surface area (Å²) in [6, 6.07) is 3.64. The molecule has 0 spiro atoms. The third-order valence-corrected chi connectivity index (χ3v) is 3.42. The van der Waals surface area contributed by atoms with Crippen molar-refractivity contribution >= 4 is 0 Å². The zero-order valence-electron chi connectivity index (χ0n) is 12.2. The quantitative estimate of drug-likeness (QED) is 0.874. The Morgan fingerprint density at radius 2 is 2.29 bits per heavy atom. The third kappa shape index (κ3) is 5.36. The topological polar surface area (TPSA) is 60.8 Å². The van der Waals surface area contributed by atoms with E-state index in [0.29, 0.717) is 6.61 Å². The first kappa shape index (κ1) is 18.0. The molecule has 1 unspecified atom stereocenters. The minimum atomic E-state index is -1.02. The molecule has 5 heteroatoms. The molecule has 1 aliphatic rings. The average Bonchev–Trinajstić information content (AvgIpc) is 2.46. The lowest BCUT2D eigenvalue weighted by molar-refractivity contribution is -0.169. The van der Waals surface area contributed by atoms with E-state index >= 15 is 0 Å². The third-order valence-electron chi connectivity index (χ3n) is 3.42. The van der Waals surface area contributed by atoms with Crippen LogP contribution in [-0.4, -0.2) is 36.7 Å². The number of hydrogen-bond donors (Lipinski definition) is 1. The molecule has 0 aromatic carbocycles. The molecule has 5 nitrogen and oxygen atoms in total. The fourth-order valence-electron chi connectivity index (χ4n) is 2.28. The van der Waals surface area contributed by atoms with E-state index in [2.05, 4.69) is 4.98 Å². The predicted molar refractivity (Wildman–Crippen MR) is 80.8 cm³/mol. The summed E-state index contributed by atoms with van der Waals surface area (Å²) in [5.74, 6) is 0. The van der Waals surface area contributed by atoms with E-state index in [1.807, 2.05) is 6.07 Å². The van der Waals surface area contributed by atoms with E-state index in [9.17, 15) is 5.11 Å². The molecule has 21 heavy (non-hydrogen) atoms. The van der Waals surface area contributed by atoms with Gasteiger partial charge in [-0.05, 0) is 43.9 Å². The fraction of sp³-hybridized carbons (Fsp3) is 0.688. The van der Waals surface area contributed by atoms with Crippen molar-refractivity contribution in [3.63, 3.8) is 0 Å². The predicted octanol–water partition coefficient (Wildman–Crippen LogP) is 2.61. The van der Waals surface area contributed by atoms with E-state index in [-0.39, 0.29) is 20.3 Å². The Bertz CT molecular complexity index is 416. The summed E-state index contributed by atoms with van der Waals surface area (Å²) in [6.07, 6.45) is 4.73. The van der Waals surface area contributed by atoms with E-state index in [1.54, 1.807) is 26.3 Å². The highest BCUT2D eigenvalue weighted by atomic mass is 16.7. The maximum atomic E-state index is 10.3. The maximum Gasteiger partial charge on any atom is 0.158 e. The van der Waals surface area contributed by atoms with Gasteiger partial charge < -0.3 is 19.3 Å². The van der Waals surface area contributed by atoms with Gasteiger partial charge in [0.25, 0.3) is 0 Å². The summed E-state index contributed by atoms with van der Waals surface area (Å²) < 4.78 is 16.2. The second kappa shape index (κ2) is 8.44. The molecule has 2 rings (SSSR count). The van der Waals surface area contributed by atoms with Crippen LogP contribution in [0.1, 0.15) is 44.9 Å². The molecule has 2 heterocycles. The maximum absolute atomic E-state index is 10.3. The Morgan fingerprint density at radius 3 is 2.95 bits per heavy atom. The van der Waals surface area contributed by atoms with Gasteiger partial charge in [-0.25, -0.2) is 0 Å². The van der Waals surface area contributed by atoms with Gasteiger partial charge in [-0.15, -0.1) is 0 Å². The average molecular weight is 297 g/mol. The Balaban J connectivity index is 0.00000220. The van der Waals surface area contributed by atoms with Crippen LogP contribution in [0.25, 0.3) is 0 Å². The van der Waals surface area contributed by atoms with Crippen molar-refractivity contribution in [2.75, 3.05) is 20.3 Å². The molecule has 120 valence electrons. The number of ether oxygens (including phenoxy) is 3. The fourth-order valence-corrected chi connectivity index (χ4v) is 2.28. The molecule has 0 saturated carbocycles. The molecule has 0 bridgehead atoms. The van der Waals surface area contributed by atoms with Gasteiger partial charge in [0.2, 0.25) is 0 Å². The Labute approximate surface area is 127 Å². The second-order valence-corrected chi connectivity index (χ2v) is 5.35. The summed E-state index contributed by atoms with van der Waals surface area (Å²) >= 11 is 0. The first-order valence-corrected chi connectivity index (χ1v) is 7.02. The number of methoxy groups -OCH3 is 1. The van der Waals surface area contributed by atoms with Crippen molar-refractivity contribution < 1.29 is 19.3 Å². The standard InChI is InChI=1S/C15H23NO4.CH4/c1-15(17,11-18-2)12-6-7-16-13(9-12)10-20-14-5-3-4-8-19-14;/h6-7,9,14,17H,3-5,8,10-11H2,1-2H3;1H4/t14?,15-;/m1./s1. The van der Waals surface area contributed by atoms with Gasteiger partial charge in [0.05, 0.1) is 18.9 Å². The Morgan fingerprint density at radius 1 is 1.48 bits per heavy atom. The normalized spacial score (nSPS) is 21.4. The smallest absolute Gasteiger partial charge is 0.158 e. The zero-order valence-corrected chi connectivity index (χ0v) is 12.2. The van der Waals surface area contributed by atoms with Gasteiger partial charge in [-0.2, -0.15) is 0 Å². The molecule has 0 amide bonds. The molecular formula is C16H27NO4. The molecule has 1 aromatic rings. The van der Waals surface area contributed by atoms with Crippen LogP contribution < -0.4 is 0 Å². The Kier molecular flexibility index (Phi) is 7.25. The molecule has 1 aromatic heterocycles. The van der Waals surface area contributed by atoms with Crippen LogP contribution in [0.5, 0.6) is 0 Å². The van der Waals surface area contributed by atoms with Crippen molar-refractivity contribution in [2.45, 2.75) is 52.1 Å². The van der Waals surface area contributed by atoms with Crippen molar-refractivity contribution in [1.82, 2.24) is 4.98 Å². The van der Waals surface area contributed by atoms with Gasteiger partial charge in [-0.1, -0.05) is 7.43 Å². The van der Waals surface area contributed by atoms with Crippen LogP contribution in [0.4, 0.5) is 0 Å². The highest BCUT2D eigenvalue weighted by Crippen LogP contribution is 2.22. The number of hydrogen-bond acceptors (Lipinski definition) is 5. The van der Waals surface area contributed by atoms with Crippen LogP contribution in [0.2, 0.25) is 0 Å². The second-order valence-electron chi connectivity index (χ2n) is 5.35. The largest absolute Gasteiger partial charge is 0.383 e. The van der Waals surface area contributed by atoms with Crippen LogP contribution in [0.3, 0.4) is 0 Å². The molecule has 2 atom stereocenters. The lowest BCUT2D eigenvalue weighted by Gasteiger charge is -2.24. The van der Waals surface area contributed by atoms with Crippen LogP contribution in [0.15, 0.2) is 18.3 Å². The van der Waals surface area contributed by atoms with Crippen LogP contribution in [0, 0.1) is 0 Å². The van der Waals surface area contributed by atoms with Crippen molar-refractivity contribution in [3.8, 4) is 0 Å². The molecular weight excluding hydrogens is 270 g/mol. The first-order chi connectivity index (χ1) is 9.62. The van der Waals surface area contributed by atoms with Crippen molar-refractivity contribution in [3.05, 3.63) is 29.6 Å². The highest BCUT2D eigenvalue weighted by Gasteiger charge is 2.23. The number of pyridine rings is 1. The van der Waals surface area contributed by atoms with Crippen LogP contribution in [-0.2, 0) is 26.4 Å². The summed E-state index contributed by atoms with van der Waals surface area (Å²) in [4.78, 5) is 4.26. The highest BCUT2D eigenvalue weighted by molar-refractivity contribution is 5.22. The summed E-state index contributed by atoms with van der Waals surface area (Å²) in [5.41, 5.74) is 0.541. The minimum absolute atomic E-state index is 0. The Hall–Kier alpha value is -1.01. The molecule has 1 fully saturated rings. The SMILES string of the molecule is C.COC[C@@](C)(O)c1ccnc(COC2CCCCO2)c1. The van der Waals surface area contributed by atoms with E-state index in [0.717, 1.165) is 37.1 Å². The molecule has 1 aliphatic heterocycles. The molecule has 1 saturated heterocycles. The summed E-state index contributed by atoms with van der Waals surface area (Å²) in [7, 11) is 1.57.